The van der Waals surface area contributed by atoms with E-state index in [0.29, 0.717) is 18.0 Å². The van der Waals surface area contributed by atoms with Crippen LogP contribution in [0.25, 0.3) is 0 Å². The quantitative estimate of drug-likeness (QED) is 0.894. The molecule has 0 saturated carbocycles. The van der Waals surface area contributed by atoms with Crippen molar-refractivity contribution >= 4 is 0 Å². The van der Waals surface area contributed by atoms with E-state index in [9.17, 15) is 5.11 Å². The van der Waals surface area contributed by atoms with E-state index in [2.05, 4.69) is 46.4 Å². The molecule has 1 aromatic rings. The average Bonchev–Trinajstić information content (AvgIpc) is 2.32. The summed E-state index contributed by atoms with van der Waals surface area (Å²) in [6.45, 7) is 14.4. The number of hydrogen-bond donors (Lipinski definition) is 1. The smallest absolute Gasteiger partial charge is 0.128 e. The summed E-state index contributed by atoms with van der Waals surface area (Å²) in [6.07, 6.45) is 0.968. The number of benzene rings is 1. The molecule has 0 aromatic heterocycles. The van der Waals surface area contributed by atoms with E-state index < -0.39 is 0 Å². The molecule has 1 unspecified atom stereocenters. The van der Waals surface area contributed by atoms with Gasteiger partial charge in [0.25, 0.3) is 0 Å². The van der Waals surface area contributed by atoms with Gasteiger partial charge in [-0.2, -0.15) is 0 Å². The second-order valence-corrected chi connectivity index (χ2v) is 7.49. The minimum Gasteiger partial charge on any atom is -0.508 e. The Morgan fingerprint density at radius 2 is 1.95 bits per heavy atom. The second kappa shape index (κ2) is 5.88. The Kier molecular flexibility index (Phi) is 4.52. The lowest BCUT2D eigenvalue weighted by molar-refractivity contribution is 0.0150. The molecular weight excluding hydrogens is 262 g/mol. The highest BCUT2D eigenvalue weighted by molar-refractivity contribution is 5.44. The summed E-state index contributed by atoms with van der Waals surface area (Å²) in [5, 5.41) is 9.74. The maximum atomic E-state index is 9.74. The largest absolute Gasteiger partial charge is 0.508 e. The van der Waals surface area contributed by atoms with Gasteiger partial charge in [0, 0.05) is 36.7 Å². The first kappa shape index (κ1) is 16.2. The number of hydrogen-bond acceptors (Lipinski definition) is 3. The minimum absolute atomic E-state index is 0.213. The topological polar surface area (TPSA) is 32.7 Å². The lowest BCUT2D eigenvalue weighted by atomic mass is 9.87. The zero-order valence-electron chi connectivity index (χ0n) is 14.2. The Morgan fingerprint density at radius 1 is 1.29 bits per heavy atom. The Hall–Kier alpha value is -1.22. The molecule has 1 N–H and O–H groups in total. The molecule has 118 valence electrons. The maximum absolute atomic E-state index is 9.74. The van der Waals surface area contributed by atoms with Crippen molar-refractivity contribution in [3.8, 4) is 11.5 Å². The molecule has 1 aromatic carbocycles. The van der Waals surface area contributed by atoms with Crippen LogP contribution in [0.15, 0.2) is 18.2 Å². The molecule has 0 spiro atoms. The SMILES string of the molecule is CC(C)CN(C(C)C)C1CC(C)(C)Oc2cc(O)ccc21. The lowest BCUT2D eigenvalue weighted by Gasteiger charge is -2.44. The summed E-state index contributed by atoms with van der Waals surface area (Å²) in [6, 6.07) is 6.35. The summed E-state index contributed by atoms with van der Waals surface area (Å²) in [5.41, 5.74) is 0.983. The van der Waals surface area contributed by atoms with Gasteiger partial charge in [-0.15, -0.1) is 0 Å². The summed E-state index contributed by atoms with van der Waals surface area (Å²) in [4.78, 5) is 2.56. The molecule has 0 saturated heterocycles. The number of phenols is 1. The number of phenolic OH excluding ortho intramolecular Hbond substituents is 1. The molecule has 2 rings (SSSR count). The molecular formula is C18H29NO2. The highest BCUT2D eigenvalue weighted by Crippen LogP contribution is 2.44. The summed E-state index contributed by atoms with van der Waals surface area (Å²) >= 11 is 0. The molecule has 1 heterocycles. The van der Waals surface area contributed by atoms with E-state index in [4.69, 9.17) is 4.74 Å². The van der Waals surface area contributed by atoms with Gasteiger partial charge in [-0.1, -0.05) is 19.9 Å². The first-order chi connectivity index (χ1) is 9.69. The van der Waals surface area contributed by atoms with E-state index in [1.807, 2.05) is 6.07 Å². The molecule has 21 heavy (non-hydrogen) atoms. The molecule has 0 fully saturated rings. The molecule has 1 atom stereocenters. The van der Waals surface area contributed by atoms with Crippen molar-refractivity contribution in [2.24, 2.45) is 5.92 Å². The molecule has 0 bridgehead atoms. The maximum Gasteiger partial charge on any atom is 0.128 e. The van der Waals surface area contributed by atoms with Crippen molar-refractivity contribution < 1.29 is 9.84 Å². The van der Waals surface area contributed by atoms with E-state index in [1.54, 1.807) is 12.1 Å². The van der Waals surface area contributed by atoms with Gasteiger partial charge in [-0.3, -0.25) is 4.90 Å². The van der Waals surface area contributed by atoms with Crippen molar-refractivity contribution in [3.63, 3.8) is 0 Å². The van der Waals surface area contributed by atoms with Gasteiger partial charge in [-0.05, 0) is 39.7 Å². The summed E-state index contributed by atoms with van der Waals surface area (Å²) in [5.74, 6) is 1.72. The van der Waals surface area contributed by atoms with Gasteiger partial charge in [0.1, 0.15) is 17.1 Å². The van der Waals surface area contributed by atoms with Crippen molar-refractivity contribution in [1.29, 1.82) is 0 Å². The first-order valence-electron chi connectivity index (χ1n) is 7.97. The highest BCUT2D eigenvalue weighted by Gasteiger charge is 2.37. The normalized spacial score (nSPS) is 20.7. The number of fused-ring (bicyclic) bond motifs is 1. The molecule has 3 heteroatoms. The predicted octanol–water partition coefficient (Wildman–Crippen LogP) is 4.36. The molecule has 1 aliphatic rings. The fourth-order valence-electron chi connectivity index (χ4n) is 3.22. The first-order valence-corrected chi connectivity index (χ1v) is 7.97. The number of nitrogens with zero attached hydrogens (tertiary/aromatic N) is 1. The minimum atomic E-state index is -0.213. The van der Waals surface area contributed by atoms with Gasteiger partial charge in [0.05, 0.1) is 0 Å². The van der Waals surface area contributed by atoms with Crippen LogP contribution in [0.2, 0.25) is 0 Å². The number of aromatic hydroxyl groups is 1. The molecule has 3 nitrogen and oxygen atoms in total. The molecule has 0 radical (unpaired) electrons. The Balaban J connectivity index is 2.42. The van der Waals surface area contributed by atoms with Crippen LogP contribution in [-0.4, -0.2) is 28.2 Å². The zero-order chi connectivity index (χ0) is 15.8. The van der Waals surface area contributed by atoms with E-state index >= 15 is 0 Å². The molecule has 1 aliphatic heterocycles. The third-order valence-electron chi connectivity index (χ3n) is 4.07. The van der Waals surface area contributed by atoms with Gasteiger partial charge in [0.2, 0.25) is 0 Å². The van der Waals surface area contributed by atoms with Crippen LogP contribution in [0.3, 0.4) is 0 Å². The standard InChI is InChI=1S/C18H29NO2/c1-12(2)11-19(13(3)4)16-10-18(5,6)21-17-9-14(20)7-8-15(16)17/h7-9,12-13,16,20H,10-11H2,1-6H3. The fraction of sp³-hybridized carbons (Fsp3) is 0.667. The van der Waals surface area contributed by atoms with Crippen LogP contribution < -0.4 is 4.74 Å². The van der Waals surface area contributed by atoms with Crippen molar-refractivity contribution in [3.05, 3.63) is 23.8 Å². The third kappa shape index (κ3) is 3.70. The van der Waals surface area contributed by atoms with Gasteiger partial charge >= 0.3 is 0 Å². The van der Waals surface area contributed by atoms with Crippen molar-refractivity contribution in [2.45, 2.75) is 65.6 Å². The second-order valence-electron chi connectivity index (χ2n) is 7.49. The van der Waals surface area contributed by atoms with E-state index in [0.717, 1.165) is 18.7 Å². The van der Waals surface area contributed by atoms with Crippen molar-refractivity contribution in [1.82, 2.24) is 4.90 Å². The lowest BCUT2D eigenvalue weighted by Crippen LogP contribution is -2.45. The highest BCUT2D eigenvalue weighted by atomic mass is 16.5. The van der Waals surface area contributed by atoms with Crippen LogP contribution in [0.1, 0.15) is 59.6 Å². The third-order valence-corrected chi connectivity index (χ3v) is 4.07. The van der Waals surface area contributed by atoms with Crippen molar-refractivity contribution in [2.75, 3.05) is 6.54 Å². The van der Waals surface area contributed by atoms with Crippen LogP contribution in [-0.2, 0) is 0 Å². The van der Waals surface area contributed by atoms with E-state index in [-0.39, 0.29) is 11.4 Å². The summed E-state index contributed by atoms with van der Waals surface area (Å²) in [7, 11) is 0. The Bertz CT molecular complexity index is 494. The Morgan fingerprint density at radius 3 is 2.52 bits per heavy atom. The van der Waals surface area contributed by atoms with Crippen LogP contribution in [0, 0.1) is 5.92 Å². The van der Waals surface area contributed by atoms with Crippen LogP contribution >= 0.6 is 0 Å². The van der Waals surface area contributed by atoms with Gasteiger partial charge in [-0.25, -0.2) is 0 Å². The molecule has 0 amide bonds. The fourth-order valence-corrected chi connectivity index (χ4v) is 3.22. The molecule has 0 aliphatic carbocycles. The summed E-state index contributed by atoms with van der Waals surface area (Å²) < 4.78 is 6.08. The van der Waals surface area contributed by atoms with Crippen LogP contribution in [0.4, 0.5) is 0 Å². The van der Waals surface area contributed by atoms with Gasteiger partial charge in [0.15, 0.2) is 0 Å². The zero-order valence-corrected chi connectivity index (χ0v) is 14.2. The van der Waals surface area contributed by atoms with E-state index in [1.165, 1.54) is 5.56 Å². The average molecular weight is 291 g/mol. The van der Waals surface area contributed by atoms with Crippen LogP contribution in [0.5, 0.6) is 11.5 Å². The number of rotatable bonds is 4. The number of ether oxygens (including phenoxy) is 1. The van der Waals surface area contributed by atoms with Gasteiger partial charge < -0.3 is 9.84 Å². The monoisotopic (exact) mass is 291 g/mol. The Labute approximate surface area is 128 Å². The predicted molar refractivity (Wildman–Crippen MR) is 86.9 cm³/mol.